The molecule has 0 fully saturated rings. The fraction of sp³-hybridized carbons (Fsp3) is 0.333. The van der Waals surface area contributed by atoms with Gasteiger partial charge in [0.1, 0.15) is 42.8 Å². The molecule has 0 aliphatic heterocycles. The van der Waals surface area contributed by atoms with E-state index in [1.807, 2.05) is 24.3 Å². The van der Waals surface area contributed by atoms with E-state index in [1.165, 1.54) is 42.5 Å². The highest BCUT2D eigenvalue weighted by atomic mass is 79.9. The third-order valence-electron chi connectivity index (χ3n) is 7.89. The molecule has 0 amide bonds. The van der Waals surface area contributed by atoms with E-state index >= 15 is 0 Å². The summed E-state index contributed by atoms with van der Waals surface area (Å²) in [6, 6.07) is 24.5. The van der Waals surface area contributed by atoms with Gasteiger partial charge in [0, 0.05) is 45.9 Å². The molecule has 3 N–H and O–H groups in total. The topological polar surface area (TPSA) is 274 Å². The van der Waals surface area contributed by atoms with Crippen LogP contribution in [0, 0.1) is 30.3 Å². The Hall–Kier alpha value is -5.22. The number of hydrogen-bond acceptors (Lipinski definition) is 17. The number of aromatic hydroxyl groups is 1. The van der Waals surface area contributed by atoms with E-state index in [0.717, 1.165) is 22.1 Å². The lowest BCUT2D eigenvalue weighted by atomic mass is 10.3. The van der Waals surface area contributed by atoms with Crippen LogP contribution in [0.5, 0.6) is 23.0 Å². The van der Waals surface area contributed by atoms with Gasteiger partial charge in [-0.05, 0) is 58.0 Å². The summed E-state index contributed by atoms with van der Waals surface area (Å²) < 4.78 is 61.1. The quantitative estimate of drug-likeness (QED) is 0.0140. The molecule has 0 heterocycles. The highest BCUT2D eigenvalue weighted by Crippen LogP contribution is 2.48. The van der Waals surface area contributed by atoms with Gasteiger partial charge in [0.05, 0.1) is 71.7 Å². The number of nitro benzene ring substituents is 3. The van der Waals surface area contributed by atoms with Gasteiger partial charge >= 0.3 is 15.2 Å². The van der Waals surface area contributed by atoms with Crippen LogP contribution in [0.25, 0.3) is 0 Å². The molecule has 0 spiro atoms. The number of rotatable bonds is 27. The lowest BCUT2D eigenvalue weighted by Crippen LogP contribution is -1.99. The first-order chi connectivity index (χ1) is 34.9. The van der Waals surface area contributed by atoms with Gasteiger partial charge in [-0.25, -0.2) is 0 Å². The summed E-state index contributed by atoms with van der Waals surface area (Å²) in [5.41, 5.74) is 6.21. The standard InChI is InChI=1S/C14H20NO6P.C14H22NO4P.C10H10BrNO3.C6H5NO3.C4H6Br2/c1-3-20-22(18,21-4-2)11-6-5-10-19-14-9-7-8-13(12-14)15(16)17;1-3-18-20(16,19-4-2)11-6-5-10-17-14-9-7-8-13(15)12-14;11-6-1-2-7-15-10-5-3-4-9(8-10)12(13)14;8-6-3-1-2-5(4-6)7(9)10;5-3-1-2-4-6/h5-9,12H,3-4,10-11H2,1-2H3;5-9,12H,3-4,10-11,15H2,1-2H3;1-5,8H,6-7H2;1-4,8H;1-2H,3-4H2/b2*6-5+;2-1+;;2-1+. The largest absolute Gasteiger partial charge is 0.508 e. The normalized spacial score (nSPS) is 11.1. The SMILES string of the molecule is BrC/C=C/CBr.CCOP(=O)(C/C=C/COc1cccc(N)c1)OCC.CCOP(=O)(C/C=C/COc1cccc([N+](=O)[O-])c1)OCC.O=[N+]([O-])c1cccc(O)c1.O=[N+]([O-])c1cccc(OC/C=C/CBr)c1. The van der Waals surface area contributed by atoms with Crippen molar-refractivity contribution in [3.05, 3.63) is 176 Å². The minimum Gasteiger partial charge on any atom is -0.508 e. The number of ether oxygens (including phenoxy) is 3. The number of phenols is 1. The van der Waals surface area contributed by atoms with Crippen LogP contribution in [0.4, 0.5) is 22.7 Å². The molecular formula is C48H63Br3N4O16P2. The minimum absolute atomic E-state index is 0.0290. The van der Waals surface area contributed by atoms with Gasteiger partial charge in [0.2, 0.25) is 0 Å². The van der Waals surface area contributed by atoms with Crippen LogP contribution in [-0.2, 0) is 27.2 Å². The fourth-order valence-electron chi connectivity index (χ4n) is 4.89. The van der Waals surface area contributed by atoms with Gasteiger partial charge in [0.15, 0.2) is 0 Å². The van der Waals surface area contributed by atoms with Crippen molar-refractivity contribution in [1.29, 1.82) is 0 Å². The van der Waals surface area contributed by atoms with Gasteiger partial charge in [0.25, 0.3) is 17.1 Å². The summed E-state index contributed by atoms with van der Waals surface area (Å²) in [6.07, 6.45) is 15.1. The first kappa shape index (κ1) is 67.8. The van der Waals surface area contributed by atoms with Gasteiger partial charge < -0.3 is 43.1 Å². The Kier molecular flexibility index (Phi) is 39.2. The maximum atomic E-state index is 12.2. The molecule has 0 saturated heterocycles. The number of hydrogen-bond donors (Lipinski definition) is 2. The third-order valence-corrected chi connectivity index (χ3v) is 12.9. The molecule has 25 heteroatoms. The van der Waals surface area contributed by atoms with Crippen molar-refractivity contribution in [3.8, 4) is 23.0 Å². The average molecular weight is 1250 g/mol. The van der Waals surface area contributed by atoms with Crippen LogP contribution in [0.2, 0.25) is 0 Å². The van der Waals surface area contributed by atoms with Crippen molar-refractivity contribution in [3.63, 3.8) is 0 Å². The number of nitrogens with two attached hydrogens (primary N) is 1. The van der Waals surface area contributed by atoms with Crippen LogP contribution in [0.15, 0.2) is 146 Å². The Morgan fingerprint density at radius 3 is 1.12 bits per heavy atom. The predicted molar refractivity (Wildman–Crippen MR) is 298 cm³/mol. The molecule has 20 nitrogen and oxygen atoms in total. The van der Waals surface area contributed by atoms with Crippen LogP contribution >= 0.6 is 63.0 Å². The molecule has 402 valence electrons. The van der Waals surface area contributed by atoms with E-state index in [2.05, 4.69) is 59.9 Å². The number of halogens is 3. The van der Waals surface area contributed by atoms with Crippen LogP contribution < -0.4 is 19.9 Å². The molecule has 0 aliphatic carbocycles. The number of alkyl halides is 3. The molecule has 4 aromatic carbocycles. The molecule has 0 atom stereocenters. The van der Waals surface area contributed by atoms with E-state index in [4.69, 9.17) is 43.1 Å². The molecule has 4 rings (SSSR count). The number of nitrogen functional groups attached to an aromatic ring is 1. The maximum absolute atomic E-state index is 12.2. The number of allylic oxidation sites excluding steroid dienone is 5. The Bertz CT molecular complexity index is 2390. The van der Waals surface area contributed by atoms with E-state index in [-0.39, 0.29) is 41.7 Å². The van der Waals surface area contributed by atoms with E-state index < -0.39 is 30.0 Å². The molecule has 0 aliphatic rings. The highest BCUT2D eigenvalue weighted by molar-refractivity contribution is 9.09. The summed E-state index contributed by atoms with van der Waals surface area (Å²) in [7, 11) is -6.09. The van der Waals surface area contributed by atoms with E-state index in [1.54, 1.807) is 88.4 Å². The molecular weight excluding hydrogens is 1190 g/mol. The van der Waals surface area contributed by atoms with Crippen molar-refractivity contribution in [2.75, 3.05) is 80.3 Å². The van der Waals surface area contributed by atoms with Crippen molar-refractivity contribution in [2.45, 2.75) is 27.7 Å². The first-order valence-electron chi connectivity index (χ1n) is 22.2. The van der Waals surface area contributed by atoms with Crippen molar-refractivity contribution < 1.29 is 61.3 Å². The molecule has 0 aromatic heterocycles. The average Bonchev–Trinajstić information content (AvgIpc) is 3.36. The summed E-state index contributed by atoms with van der Waals surface area (Å²) in [6.45, 7) is 9.44. The van der Waals surface area contributed by atoms with Gasteiger partial charge in [-0.2, -0.15) is 0 Å². The Morgan fingerprint density at radius 1 is 0.493 bits per heavy atom. The summed E-state index contributed by atoms with van der Waals surface area (Å²) >= 11 is 9.72. The van der Waals surface area contributed by atoms with E-state index in [0.29, 0.717) is 62.6 Å². The summed E-state index contributed by atoms with van der Waals surface area (Å²) in [5.74, 6) is 1.52. The Labute approximate surface area is 451 Å². The fourth-order valence-corrected chi connectivity index (χ4v) is 8.64. The van der Waals surface area contributed by atoms with Crippen molar-refractivity contribution in [2.24, 2.45) is 0 Å². The Balaban J connectivity index is 0.000000937. The number of nitrogens with zero attached hydrogens (tertiary/aromatic N) is 3. The molecule has 0 bridgehead atoms. The monoisotopic (exact) mass is 1250 g/mol. The van der Waals surface area contributed by atoms with Crippen LogP contribution in [0.3, 0.4) is 0 Å². The first-order valence-corrected chi connectivity index (χ1v) is 29.0. The molecule has 0 radical (unpaired) electrons. The molecule has 73 heavy (non-hydrogen) atoms. The third kappa shape index (κ3) is 34.8. The van der Waals surface area contributed by atoms with Gasteiger partial charge in [-0.15, -0.1) is 0 Å². The molecule has 0 unspecified atom stereocenters. The van der Waals surface area contributed by atoms with E-state index in [9.17, 15) is 39.5 Å². The number of anilines is 1. The second-order valence-corrected chi connectivity index (χ2v) is 19.5. The van der Waals surface area contributed by atoms with Crippen LogP contribution in [-0.4, -0.2) is 94.4 Å². The highest BCUT2D eigenvalue weighted by Gasteiger charge is 2.22. The maximum Gasteiger partial charge on any atom is 0.334 e. The van der Waals surface area contributed by atoms with Crippen LogP contribution in [0.1, 0.15) is 27.7 Å². The zero-order valence-electron chi connectivity index (χ0n) is 40.9. The smallest absolute Gasteiger partial charge is 0.334 e. The second-order valence-electron chi connectivity index (χ2n) is 13.4. The minimum atomic E-state index is -3.08. The van der Waals surface area contributed by atoms with Crippen molar-refractivity contribution >= 4 is 85.7 Å². The summed E-state index contributed by atoms with van der Waals surface area (Å²) in [5, 5.41) is 42.6. The van der Waals surface area contributed by atoms with Crippen molar-refractivity contribution in [1.82, 2.24) is 0 Å². The number of non-ortho nitro benzene ring substituents is 3. The zero-order valence-corrected chi connectivity index (χ0v) is 47.4. The molecule has 0 saturated carbocycles. The van der Waals surface area contributed by atoms with Gasteiger partial charge in [-0.3, -0.25) is 39.5 Å². The predicted octanol–water partition coefficient (Wildman–Crippen LogP) is 13.8. The number of benzene rings is 4. The lowest BCUT2D eigenvalue weighted by Gasteiger charge is -2.14. The number of phenolic OH excluding ortho intramolecular Hbond substituents is 1. The second kappa shape index (κ2) is 42.2. The lowest BCUT2D eigenvalue weighted by molar-refractivity contribution is -0.385. The number of nitro groups is 3. The zero-order chi connectivity index (χ0) is 54.8. The van der Waals surface area contributed by atoms with Gasteiger partial charge in [-0.1, -0.05) is 121 Å². The Morgan fingerprint density at radius 2 is 0.808 bits per heavy atom. The summed E-state index contributed by atoms with van der Waals surface area (Å²) in [4.78, 5) is 29.7. The molecule has 4 aromatic rings.